The monoisotopic (exact) mass is 268 g/mol. The minimum absolute atomic E-state index is 0.600. The van der Waals surface area contributed by atoms with Gasteiger partial charge in [-0.25, -0.2) is 0 Å². The molecule has 0 spiro atoms. The van der Waals surface area contributed by atoms with Crippen LogP contribution in [-0.2, 0) is 6.42 Å². The number of nitrogens with zero attached hydrogens (tertiary/aromatic N) is 1. The summed E-state index contributed by atoms with van der Waals surface area (Å²) < 4.78 is 0. The topological polar surface area (TPSA) is 38.9 Å². The minimum Gasteiger partial charge on any atom is -0.398 e. The van der Waals surface area contributed by atoms with Crippen molar-refractivity contribution >= 4 is 39.8 Å². The number of anilines is 1. The first-order valence-electron chi connectivity index (χ1n) is 5.50. The fraction of sp³-hybridized carbons (Fsp3) is 0.308. The molecule has 2 N–H and O–H groups in total. The van der Waals surface area contributed by atoms with E-state index < -0.39 is 0 Å². The molecule has 1 heterocycles. The van der Waals surface area contributed by atoms with E-state index in [9.17, 15) is 0 Å². The molecule has 0 fully saturated rings. The second kappa shape index (κ2) is 4.35. The van der Waals surface area contributed by atoms with Crippen LogP contribution < -0.4 is 5.73 Å². The number of rotatable bonds is 1. The van der Waals surface area contributed by atoms with Crippen molar-refractivity contribution in [2.75, 3.05) is 5.73 Å². The highest BCUT2D eigenvalue weighted by Crippen LogP contribution is 2.37. The molecule has 0 atom stereocenters. The van der Waals surface area contributed by atoms with Crippen LogP contribution in [-0.4, -0.2) is 4.98 Å². The summed E-state index contributed by atoms with van der Waals surface area (Å²) >= 11 is 12.5. The highest BCUT2D eigenvalue weighted by Gasteiger charge is 2.15. The number of benzene rings is 1. The molecule has 0 aliphatic heterocycles. The highest BCUT2D eigenvalue weighted by atomic mass is 35.5. The van der Waals surface area contributed by atoms with Gasteiger partial charge in [-0.05, 0) is 37.5 Å². The fourth-order valence-electron chi connectivity index (χ4n) is 2.00. The summed E-state index contributed by atoms with van der Waals surface area (Å²) in [5.41, 5.74) is 10.4. The zero-order chi connectivity index (χ0) is 12.7. The lowest BCUT2D eigenvalue weighted by Crippen LogP contribution is -2.01. The van der Waals surface area contributed by atoms with Crippen LogP contribution >= 0.6 is 23.2 Å². The smallest absolute Gasteiger partial charge is 0.0927 e. The van der Waals surface area contributed by atoms with Gasteiger partial charge >= 0.3 is 0 Å². The first-order valence-corrected chi connectivity index (χ1v) is 6.26. The third-order valence-corrected chi connectivity index (χ3v) is 3.84. The van der Waals surface area contributed by atoms with Crippen LogP contribution in [0.25, 0.3) is 10.9 Å². The van der Waals surface area contributed by atoms with Crippen LogP contribution in [0.5, 0.6) is 0 Å². The number of pyridine rings is 1. The first kappa shape index (κ1) is 12.5. The van der Waals surface area contributed by atoms with E-state index in [1.54, 1.807) is 0 Å². The maximum absolute atomic E-state index is 6.29. The van der Waals surface area contributed by atoms with Gasteiger partial charge in [0.2, 0.25) is 0 Å². The number of aryl methyl sites for hydroxylation is 2. The van der Waals surface area contributed by atoms with E-state index in [-0.39, 0.29) is 0 Å². The molecule has 4 heteroatoms. The van der Waals surface area contributed by atoms with Crippen molar-refractivity contribution in [2.45, 2.75) is 27.2 Å². The Morgan fingerprint density at radius 3 is 2.53 bits per heavy atom. The first-order chi connectivity index (χ1) is 7.97. The van der Waals surface area contributed by atoms with E-state index in [1.807, 2.05) is 26.8 Å². The van der Waals surface area contributed by atoms with Crippen LogP contribution in [0.2, 0.25) is 10.0 Å². The molecule has 1 aromatic carbocycles. The molecule has 0 radical (unpaired) electrons. The molecule has 90 valence electrons. The number of hydrogen-bond donors (Lipinski definition) is 1. The Labute approximate surface area is 111 Å². The second-order valence-corrected chi connectivity index (χ2v) is 4.95. The maximum Gasteiger partial charge on any atom is 0.0927 e. The zero-order valence-electron chi connectivity index (χ0n) is 10.1. The van der Waals surface area contributed by atoms with E-state index in [1.165, 1.54) is 0 Å². The summed E-state index contributed by atoms with van der Waals surface area (Å²) in [7, 11) is 0. The van der Waals surface area contributed by atoms with E-state index in [4.69, 9.17) is 28.9 Å². The molecule has 0 saturated heterocycles. The SMILES string of the molecule is CCc1nc2c(Cl)cc(C)c(Cl)c2c(N)c1C. The quantitative estimate of drug-likeness (QED) is 0.838. The average molecular weight is 269 g/mol. The van der Waals surface area contributed by atoms with Crippen LogP contribution in [0.4, 0.5) is 5.69 Å². The Balaban J connectivity index is 3.01. The number of aromatic nitrogens is 1. The largest absolute Gasteiger partial charge is 0.398 e. The van der Waals surface area contributed by atoms with E-state index in [0.717, 1.165) is 28.6 Å². The van der Waals surface area contributed by atoms with Crippen molar-refractivity contribution in [1.29, 1.82) is 0 Å². The summed E-state index contributed by atoms with van der Waals surface area (Å²) in [6.07, 6.45) is 0.827. The molecule has 17 heavy (non-hydrogen) atoms. The van der Waals surface area contributed by atoms with Crippen molar-refractivity contribution in [1.82, 2.24) is 4.98 Å². The Bertz CT molecular complexity index is 606. The van der Waals surface area contributed by atoms with Gasteiger partial charge in [0.1, 0.15) is 0 Å². The maximum atomic E-state index is 6.29. The second-order valence-electron chi connectivity index (χ2n) is 4.16. The molecule has 2 rings (SSSR count). The molecule has 0 bridgehead atoms. The number of nitrogen functional groups attached to an aromatic ring is 1. The Kier molecular flexibility index (Phi) is 3.19. The van der Waals surface area contributed by atoms with E-state index >= 15 is 0 Å². The fourth-order valence-corrected chi connectivity index (χ4v) is 2.55. The summed E-state index contributed by atoms with van der Waals surface area (Å²) in [6, 6.07) is 1.83. The predicted molar refractivity (Wildman–Crippen MR) is 75.0 cm³/mol. The van der Waals surface area contributed by atoms with Crippen LogP contribution in [0.1, 0.15) is 23.7 Å². The van der Waals surface area contributed by atoms with Gasteiger partial charge in [-0.2, -0.15) is 0 Å². The Morgan fingerprint density at radius 1 is 1.29 bits per heavy atom. The summed E-state index contributed by atoms with van der Waals surface area (Å²) in [6.45, 7) is 5.92. The third kappa shape index (κ3) is 1.85. The van der Waals surface area contributed by atoms with Gasteiger partial charge in [0.25, 0.3) is 0 Å². The normalized spacial score (nSPS) is 11.1. The lowest BCUT2D eigenvalue weighted by molar-refractivity contribution is 1.03. The van der Waals surface area contributed by atoms with Gasteiger partial charge in [0.15, 0.2) is 0 Å². The van der Waals surface area contributed by atoms with Crippen molar-refractivity contribution in [3.05, 3.63) is 32.9 Å². The van der Waals surface area contributed by atoms with Gasteiger partial charge < -0.3 is 5.73 Å². The average Bonchev–Trinajstić information content (AvgIpc) is 2.29. The number of nitrogens with two attached hydrogens (primary N) is 1. The Hall–Kier alpha value is -0.990. The molecule has 0 saturated carbocycles. The molecular formula is C13H14Cl2N2. The van der Waals surface area contributed by atoms with Gasteiger partial charge in [-0.3, -0.25) is 4.98 Å². The molecule has 0 amide bonds. The van der Waals surface area contributed by atoms with Gasteiger partial charge in [0, 0.05) is 16.8 Å². The van der Waals surface area contributed by atoms with Crippen molar-refractivity contribution in [3.63, 3.8) is 0 Å². The van der Waals surface area contributed by atoms with Crippen molar-refractivity contribution in [3.8, 4) is 0 Å². The minimum atomic E-state index is 0.600. The molecule has 0 unspecified atom stereocenters. The summed E-state index contributed by atoms with van der Waals surface area (Å²) in [5, 5.41) is 2.01. The number of halogens is 2. The predicted octanol–water partition coefficient (Wildman–Crippen LogP) is 4.30. The standard InChI is InChI=1S/C13H14Cl2N2/c1-4-9-7(3)12(16)10-11(15)6(2)5-8(14)13(10)17-9/h5H,4H2,1-3H3,(H2,16,17). The molecule has 2 aromatic rings. The third-order valence-electron chi connectivity index (χ3n) is 3.06. The lowest BCUT2D eigenvalue weighted by Gasteiger charge is -2.13. The van der Waals surface area contributed by atoms with Gasteiger partial charge in [-0.1, -0.05) is 30.1 Å². The molecule has 1 aromatic heterocycles. The van der Waals surface area contributed by atoms with Crippen LogP contribution in [0.15, 0.2) is 6.07 Å². The summed E-state index contributed by atoms with van der Waals surface area (Å²) in [5.74, 6) is 0. The molecule has 0 aliphatic carbocycles. The molecule has 2 nitrogen and oxygen atoms in total. The van der Waals surface area contributed by atoms with Gasteiger partial charge in [0.05, 0.1) is 15.6 Å². The van der Waals surface area contributed by atoms with Crippen molar-refractivity contribution < 1.29 is 0 Å². The zero-order valence-corrected chi connectivity index (χ0v) is 11.6. The van der Waals surface area contributed by atoms with E-state index in [2.05, 4.69) is 4.98 Å². The van der Waals surface area contributed by atoms with E-state index in [0.29, 0.717) is 21.2 Å². The Morgan fingerprint density at radius 2 is 1.94 bits per heavy atom. The van der Waals surface area contributed by atoms with Crippen molar-refractivity contribution in [2.24, 2.45) is 0 Å². The van der Waals surface area contributed by atoms with Gasteiger partial charge in [-0.15, -0.1) is 0 Å². The number of hydrogen-bond acceptors (Lipinski definition) is 2. The molecular weight excluding hydrogens is 255 g/mol. The lowest BCUT2D eigenvalue weighted by atomic mass is 10.0. The van der Waals surface area contributed by atoms with Crippen LogP contribution in [0, 0.1) is 13.8 Å². The molecule has 0 aliphatic rings. The number of fused-ring (bicyclic) bond motifs is 1. The van der Waals surface area contributed by atoms with Crippen LogP contribution in [0.3, 0.4) is 0 Å². The highest BCUT2D eigenvalue weighted by molar-refractivity contribution is 6.41. The summed E-state index contributed by atoms with van der Waals surface area (Å²) in [4.78, 5) is 4.56.